The average Bonchev–Trinajstić information content (AvgIpc) is 3.00. The lowest BCUT2D eigenvalue weighted by Crippen LogP contribution is -2.43. The highest BCUT2D eigenvalue weighted by molar-refractivity contribution is 5.25. The smallest absolute Gasteiger partial charge is 0.106 e. The molecule has 1 aromatic rings. The Hall–Kier alpha value is -1.33. The van der Waals surface area contributed by atoms with Gasteiger partial charge in [0.2, 0.25) is 0 Å². The average molecular weight is 270 g/mol. The third kappa shape index (κ3) is 3.41. The molecule has 0 N–H and O–H groups in total. The van der Waals surface area contributed by atoms with Crippen molar-refractivity contribution in [2.75, 3.05) is 13.1 Å². The monoisotopic (exact) mass is 270 g/mol. The van der Waals surface area contributed by atoms with Gasteiger partial charge in [-0.25, -0.2) is 0 Å². The molecule has 1 saturated heterocycles. The van der Waals surface area contributed by atoms with Gasteiger partial charge in [-0.3, -0.25) is 4.90 Å². The van der Waals surface area contributed by atoms with Crippen molar-refractivity contribution < 1.29 is 0 Å². The number of hydrogen-bond donors (Lipinski definition) is 0. The molecule has 0 spiro atoms. The van der Waals surface area contributed by atoms with Crippen molar-refractivity contribution in [3.05, 3.63) is 35.4 Å². The summed E-state index contributed by atoms with van der Waals surface area (Å²) in [5.74, 6) is 0.582. The standard InChI is InChI=1S/C18H26N2/c1-15(2)17-8-6-16(7-9-17)10-11-18(3,14-19)20-12-4-5-13-20/h6-9,15H,4-5,10-13H2,1-3H3. The molecule has 0 saturated carbocycles. The minimum absolute atomic E-state index is 0.298. The molecule has 0 aliphatic carbocycles. The van der Waals surface area contributed by atoms with E-state index in [-0.39, 0.29) is 5.54 Å². The van der Waals surface area contributed by atoms with Gasteiger partial charge in [-0.15, -0.1) is 0 Å². The highest BCUT2D eigenvalue weighted by Crippen LogP contribution is 2.26. The highest BCUT2D eigenvalue weighted by Gasteiger charge is 2.33. The van der Waals surface area contributed by atoms with Crippen LogP contribution in [0.15, 0.2) is 24.3 Å². The lowest BCUT2D eigenvalue weighted by atomic mass is 9.92. The molecular formula is C18H26N2. The zero-order valence-corrected chi connectivity index (χ0v) is 13.0. The molecule has 1 aliphatic heterocycles. The second-order valence-electron chi connectivity index (χ2n) is 6.48. The van der Waals surface area contributed by atoms with Gasteiger partial charge >= 0.3 is 0 Å². The summed E-state index contributed by atoms with van der Waals surface area (Å²) in [4.78, 5) is 2.36. The maximum Gasteiger partial charge on any atom is 0.106 e. The van der Waals surface area contributed by atoms with E-state index in [1.165, 1.54) is 24.0 Å². The summed E-state index contributed by atoms with van der Waals surface area (Å²) >= 11 is 0. The molecule has 0 radical (unpaired) electrons. The van der Waals surface area contributed by atoms with Crippen molar-refractivity contribution in [1.29, 1.82) is 5.26 Å². The van der Waals surface area contributed by atoms with E-state index >= 15 is 0 Å². The molecule has 2 heteroatoms. The van der Waals surface area contributed by atoms with Crippen molar-refractivity contribution in [1.82, 2.24) is 4.90 Å². The van der Waals surface area contributed by atoms with Gasteiger partial charge in [0.1, 0.15) is 5.54 Å². The summed E-state index contributed by atoms with van der Waals surface area (Å²) in [7, 11) is 0. The number of hydrogen-bond acceptors (Lipinski definition) is 2. The first kappa shape index (κ1) is 15.1. The molecular weight excluding hydrogens is 244 g/mol. The van der Waals surface area contributed by atoms with Crippen LogP contribution in [-0.2, 0) is 6.42 Å². The number of likely N-dealkylation sites (tertiary alicyclic amines) is 1. The molecule has 2 rings (SSSR count). The van der Waals surface area contributed by atoms with Gasteiger partial charge in [0, 0.05) is 0 Å². The molecule has 1 unspecified atom stereocenters. The molecule has 1 aromatic carbocycles. The fraction of sp³-hybridized carbons (Fsp3) is 0.611. The van der Waals surface area contributed by atoms with E-state index in [1.54, 1.807) is 0 Å². The highest BCUT2D eigenvalue weighted by atomic mass is 15.2. The molecule has 1 aliphatic rings. The maximum absolute atomic E-state index is 9.55. The topological polar surface area (TPSA) is 27.0 Å². The Labute approximate surface area is 123 Å². The van der Waals surface area contributed by atoms with E-state index in [9.17, 15) is 5.26 Å². The zero-order valence-electron chi connectivity index (χ0n) is 13.0. The quantitative estimate of drug-likeness (QED) is 0.804. The van der Waals surface area contributed by atoms with Crippen molar-refractivity contribution in [3.63, 3.8) is 0 Å². The van der Waals surface area contributed by atoms with Gasteiger partial charge in [-0.1, -0.05) is 38.1 Å². The Bertz CT molecular complexity index is 463. The fourth-order valence-corrected chi connectivity index (χ4v) is 2.95. The van der Waals surface area contributed by atoms with E-state index in [1.807, 2.05) is 0 Å². The molecule has 1 atom stereocenters. The Morgan fingerprint density at radius 3 is 2.30 bits per heavy atom. The minimum atomic E-state index is -0.298. The van der Waals surface area contributed by atoms with Gasteiger partial charge in [-0.05, 0) is 62.7 Å². The van der Waals surface area contributed by atoms with Gasteiger partial charge in [-0.2, -0.15) is 5.26 Å². The summed E-state index contributed by atoms with van der Waals surface area (Å²) in [6.07, 6.45) is 4.38. The SMILES string of the molecule is CC(C)c1ccc(CCC(C)(C#N)N2CCCC2)cc1. The molecule has 1 fully saturated rings. The largest absolute Gasteiger partial charge is 0.286 e. The van der Waals surface area contributed by atoms with Crippen LogP contribution in [0.5, 0.6) is 0 Å². The van der Waals surface area contributed by atoms with Gasteiger partial charge in [0.05, 0.1) is 6.07 Å². The number of nitrogens with zero attached hydrogens (tertiary/aromatic N) is 2. The second-order valence-corrected chi connectivity index (χ2v) is 6.48. The molecule has 0 amide bonds. The van der Waals surface area contributed by atoms with Gasteiger partial charge in [0.15, 0.2) is 0 Å². The number of benzene rings is 1. The first-order valence-corrected chi connectivity index (χ1v) is 7.80. The zero-order chi connectivity index (χ0) is 14.6. The van der Waals surface area contributed by atoms with Gasteiger partial charge in [0.25, 0.3) is 0 Å². The van der Waals surface area contributed by atoms with Crippen LogP contribution in [0.3, 0.4) is 0 Å². The first-order valence-electron chi connectivity index (χ1n) is 7.80. The Morgan fingerprint density at radius 2 is 1.80 bits per heavy atom. The van der Waals surface area contributed by atoms with E-state index in [2.05, 4.69) is 56.0 Å². The van der Waals surface area contributed by atoms with Crippen LogP contribution in [0.25, 0.3) is 0 Å². The van der Waals surface area contributed by atoms with Crippen molar-refractivity contribution in [2.45, 2.75) is 57.9 Å². The third-order valence-electron chi connectivity index (χ3n) is 4.59. The van der Waals surface area contributed by atoms with E-state index in [4.69, 9.17) is 0 Å². The van der Waals surface area contributed by atoms with Crippen LogP contribution in [0.1, 0.15) is 57.1 Å². The number of nitriles is 1. The lowest BCUT2D eigenvalue weighted by molar-refractivity contribution is 0.181. The number of aryl methyl sites for hydroxylation is 1. The van der Waals surface area contributed by atoms with Crippen LogP contribution in [0.2, 0.25) is 0 Å². The van der Waals surface area contributed by atoms with Crippen LogP contribution >= 0.6 is 0 Å². The van der Waals surface area contributed by atoms with E-state index in [0.29, 0.717) is 5.92 Å². The Kier molecular flexibility index (Phi) is 4.83. The van der Waals surface area contributed by atoms with Gasteiger partial charge < -0.3 is 0 Å². The fourth-order valence-electron chi connectivity index (χ4n) is 2.95. The van der Waals surface area contributed by atoms with Crippen LogP contribution in [-0.4, -0.2) is 23.5 Å². The maximum atomic E-state index is 9.55. The molecule has 0 bridgehead atoms. The van der Waals surface area contributed by atoms with Crippen LogP contribution in [0.4, 0.5) is 0 Å². The second kappa shape index (κ2) is 6.41. The van der Waals surface area contributed by atoms with Crippen molar-refractivity contribution in [3.8, 4) is 6.07 Å². The van der Waals surface area contributed by atoms with E-state index in [0.717, 1.165) is 25.9 Å². The van der Waals surface area contributed by atoms with E-state index < -0.39 is 0 Å². The van der Waals surface area contributed by atoms with Crippen molar-refractivity contribution in [2.24, 2.45) is 0 Å². The molecule has 0 aromatic heterocycles. The summed E-state index contributed by atoms with van der Waals surface area (Å²) in [6, 6.07) is 11.4. The van der Waals surface area contributed by atoms with Crippen LogP contribution < -0.4 is 0 Å². The summed E-state index contributed by atoms with van der Waals surface area (Å²) in [5.41, 5.74) is 2.43. The summed E-state index contributed by atoms with van der Waals surface area (Å²) in [5, 5.41) is 9.55. The molecule has 108 valence electrons. The first-order chi connectivity index (χ1) is 9.55. The lowest BCUT2D eigenvalue weighted by Gasteiger charge is -2.32. The predicted molar refractivity (Wildman–Crippen MR) is 83.7 cm³/mol. The predicted octanol–water partition coefficient (Wildman–Crippen LogP) is 4.12. The number of rotatable bonds is 5. The minimum Gasteiger partial charge on any atom is -0.286 e. The Morgan fingerprint density at radius 1 is 1.20 bits per heavy atom. The normalized spacial score (nSPS) is 18.9. The molecule has 20 heavy (non-hydrogen) atoms. The summed E-state index contributed by atoms with van der Waals surface area (Å²) in [6.45, 7) is 8.69. The third-order valence-corrected chi connectivity index (χ3v) is 4.59. The van der Waals surface area contributed by atoms with Crippen LogP contribution in [0, 0.1) is 11.3 Å². The molecule has 1 heterocycles. The summed E-state index contributed by atoms with van der Waals surface area (Å²) < 4.78 is 0. The van der Waals surface area contributed by atoms with Crippen molar-refractivity contribution >= 4 is 0 Å². The molecule has 2 nitrogen and oxygen atoms in total. The Balaban J connectivity index is 1.97.